The highest BCUT2D eigenvalue weighted by Crippen LogP contribution is 2.09. The Morgan fingerprint density at radius 2 is 2.44 bits per heavy atom. The van der Waals surface area contributed by atoms with Gasteiger partial charge in [-0.3, -0.25) is 4.79 Å². The van der Waals surface area contributed by atoms with E-state index in [4.69, 9.17) is 6.42 Å². The summed E-state index contributed by atoms with van der Waals surface area (Å²) in [7, 11) is 0. The van der Waals surface area contributed by atoms with Crippen LogP contribution in [-0.2, 0) is 4.79 Å². The molecule has 1 N–H and O–H groups in total. The van der Waals surface area contributed by atoms with Gasteiger partial charge in [-0.15, -0.1) is 23.7 Å². The second-order valence-electron chi connectivity index (χ2n) is 3.30. The van der Waals surface area contributed by atoms with Crippen LogP contribution in [0.5, 0.6) is 0 Å². The van der Waals surface area contributed by atoms with Crippen LogP contribution < -0.4 is 5.32 Å². The predicted molar refractivity (Wildman–Crippen MR) is 69.0 cm³/mol. The lowest BCUT2D eigenvalue weighted by atomic mass is 10.2. The third-order valence-corrected chi connectivity index (χ3v) is 2.83. The van der Waals surface area contributed by atoms with Gasteiger partial charge < -0.3 is 5.32 Å². The molecule has 1 aromatic heterocycles. The standard InChI is InChI=1S/C13H15NOS/c1-2-3-4-5-10-14-13(15)9-8-12-7-6-11-16-12/h1,6-9,11H,3-5,10H2,(H,14,15)/b9-8+. The Hall–Kier alpha value is -1.53. The summed E-state index contributed by atoms with van der Waals surface area (Å²) in [5.41, 5.74) is 0. The molecule has 0 spiro atoms. The molecular weight excluding hydrogens is 218 g/mol. The summed E-state index contributed by atoms with van der Waals surface area (Å²) in [6.45, 7) is 0.690. The summed E-state index contributed by atoms with van der Waals surface area (Å²) in [4.78, 5) is 12.4. The minimum atomic E-state index is -0.0471. The highest BCUT2D eigenvalue weighted by molar-refractivity contribution is 7.10. The lowest BCUT2D eigenvalue weighted by molar-refractivity contribution is -0.116. The number of carbonyl (C=O) groups is 1. The summed E-state index contributed by atoms with van der Waals surface area (Å²) < 4.78 is 0. The normalized spacial score (nSPS) is 10.2. The number of thiophene rings is 1. The van der Waals surface area contributed by atoms with Crippen molar-refractivity contribution in [2.75, 3.05) is 6.54 Å². The maximum Gasteiger partial charge on any atom is 0.244 e. The molecule has 0 bridgehead atoms. The first-order valence-corrected chi connectivity index (χ1v) is 6.14. The van der Waals surface area contributed by atoms with Crippen LogP contribution in [0, 0.1) is 12.3 Å². The first-order chi connectivity index (χ1) is 7.83. The van der Waals surface area contributed by atoms with E-state index in [2.05, 4.69) is 11.2 Å². The second-order valence-corrected chi connectivity index (χ2v) is 4.28. The maximum atomic E-state index is 11.3. The van der Waals surface area contributed by atoms with Gasteiger partial charge in [-0.05, 0) is 30.4 Å². The Bertz CT molecular complexity index is 373. The molecular formula is C13H15NOS. The number of rotatable bonds is 6. The monoisotopic (exact) mass is 233 g/mol. The van der Waals surface area contributed by atoms with Crippen molar-refractivity contribution in [2.45, 2.75) is 19.3 Å². The van der Waals surface area contributed by atoms with E-state index in [0.29, 0.717) is 6.54 Å². The number of unbranched alkanes of at least 4 members (excludes halogenated alkanes) is 2. The van der Waals surface area contributed by atoms with Gasteiger partial charge in [0.05, 0.1) is 0 Å². The fraction of sp³-hybridized carbons (Fsp3) is 0.308. The van der Waals surface area contributed by atoms with E-state index in [1.165, 1.54) is 0 Å². The molecule has 0 fully saturated rings. The molecule has 0 saturated heterocycles. The Morgan fingerprint density at radius 1 is 1.56 bits per heavy atom. The van der Waals surface area contributed by atoms with Gasteiger partial charge in [0.15, 0.2) is 0 Å². The topological polar surface area (TPSA) is 29.1 Å². The van der Waals surface area contributed by atoms with Gasteiger partial charge >= 0.3 is 0 Å². The van der Waals surface area contributed by atoms with Crippen LogP contribution in [0.1, 0.15) is 24.1 Å². The molecule has 1 aromatic rings. The molecule has 0 aromatic carbocycles. The molecule has 0 aliphatic heterocycles. The van der Waals surface area contributed by atoms with Crippen molar-refractivity contribution in [1.82, 2.24) is 5.32 Å². The average Bonchev–Trinajstić information content (AvgIpc) is 2.79. The first-order valence-electron chi connectivity index (χ1n) is 5.26. The summed E-state index contributed by atoms with van der Waals surface area (Å²) in [5, 5.41) is 4.80. The number of amides is 1. The zero-order valence-electron chi connectivity index (χ0n) is 9.11. The molecule has 1 rings (SSSR count). The number of carbonyl (C=O) groups excluding carboxylic acids is 1. The minimum Gasteiger partial charge on any atom is -0.353 e. The van der Waals surface area contributed by atoms with Crippen molar-refractivity contribution in [3.63, 3.8) is 0 Å². The predicted octanol–water partition coefficient (Wildman–Crippen LogP) is 2.68. The van der Waals surface area contributed by atoms with Gasteiger partial charge in [-0.25, -0.2) is 0 Å². The largest absolute Gasteiger partial charge is 0.353 e. The smallest absolute Gasteiger partial charge is 0.244 e. The third-order valence-electron chi connectivity index (χ3n) is 1.99. The van der Waals surface area contributed by atoms with Crippen LogP contribution in [0.2, 0.25) is 0 Å². The highest BCUT2D eigenvalue weighted by atomic mass is 32.1. The number of nitrogens with one attached hydrogen (secondary N) is 1. The lowest BCUT2D eigenvalue weighted by Crippen LogP contribution is -2.21. The quantitative estimate of drug-likeness (QED) is 0.457. The van der Waals surface area contributed by atoms with Crippen molar-refractivity contribution in [1.29, 1.82) is 0 Å². The van der Waals surface area contributed by atoms with E-state index in [0.717, 1.165) is 24.1 Å². The van der Waals surface area contributed by atoms with E-state index < -0.39 is 0 Å². The Labute approximate surface area is 100 Å². The molecule has 84 valence electrons. The molecule has 0 atom stereocenters. The van der Waals surface area contributed by atoms with Gasteiger partial charge in [0.25, 0.3) is 0 Å². The molecule has 3 heteroatoms. The fourth-order valence-electron chi connectivity index (χ4n) is 1.17. The van der Waals surface area contributed by atoms with Gasteiger partial charge in [0, 0.05) is 23.9 Å². The molecule has 0 unspecified atom stereocenters. The Kier molecular flexibility index (Phi) is 6.05. The number of terminal acetylenes is 1. The van der Waals surface area contributed by atoms with E-state index >= 15 is 0 Å². The number of hydrogen-bond donors (Lipinski definition) is 1. The average molecular weight is 233 g/mol. The molecule has 0 aliphatic carbocycles. The SMILES string of the molecule is C#CCCCCNC(=O)/C=C/c1cccs1. The van der Waals surface area contributed by atoms with E-state index in [-0.39, 0.29) is 5.91 Å². The third kappa shape index (κ3) is 5.38. The lowest BCUT2D eigenvalue weighted by Gasteiger charge is -1.99. The molecule has 0 saturated carbocycles. The maximum absolute atomic E-state index is 11.3. The van der Waals surface area contributed by atoms with Crippen molar-refractivity contribution < 1.29 is 4.79 Å². The fourth-order valence-corrected chi connectivity index (χ4v) is 1.78. The first kappa shape index (κ1) is 12.5. The Morgan fingerprint density at radius 3 is 3.12 bits per heavy atom. The second kappa shape index (κ2) is 7.72. The van der Waals surface area contributed by atoms with Crippen LogP contribution in [0.4, 0.5) is 0 Å². The molecule has 1 heterocycles. The van der Waals surface area contributed by atoms with Crippen LogP contribution in [0.3, 0.4) is 0 Å². The van der Waals surface area contributed by atoms with Crippen molar-refractivity contribution in [3.8, 4) is 12.3 Å². The molecule has 0 aliphatic rings. The van der Waals surface area contributed by atoms with Gasteiger partial charge in [-0.1, -0.05) is 6.07 Å². The van der Waals surface area contributed by atoms with Gasteiger partial charge in [0.1, 0.15) is 0 Å². The minimum absolute atomic E-state index is 0.0471. The number of hydrogen-bond acceptors (Lipinski definition) is 2. The summed E-state index contributed by atoms with van der Waals surface area (Å²) >= 11 is 1.61. The summed E-state index contributed by atoms with van der Waals surface area (Å²) in [6.07, 6.45) is 11.2. The van der Waals surface area contributed by atoms with Crippen LogP contribution in [0.25, 0.3) is 6.08 Å². The van der Waals surface area contributed by atoms with E-state index in [9.17, 15) is 4.79 Å². The van der Waals surface area contributed by atoms with Crippen LogP contribution in [0.15, 0.2) is 23.6 Å². The molecule has 1 amide bonds. The van der Waals surface area contributed by atoms with Crippen molar-refractivity contribution in [2.24, 2.45) is 0 Å². The van der Waals surface area contributed by atoms with Crippen LogP contribution >= 0.6 is 11.3 Å². The van der Waals surface area contributed by atoms with E-state index in [1.54, 1.807) is 17.4 Å². The molecule has 16 heavy (non-hydrogen) atoms. The zero-order chi connectivity index (χ0) is 11.6. The van der Waals surface area contributed by atoms with Crippen molar-refractivity contribution >= 4 is 23.3 Å². The Balaban J connectivity index is 2.14. The van der Waals surface area contributed by atoms with Crippen molar-refractivity contribution in [3.05, 3.63) is 28.5 Å². The van der Waals surface area contributed by atoms with E-state index in [1.807, 2.05) is 23.6 Å². The summed E-state index contributed by atoms with van der Waals surface area (Å²) in [5.74, 6) is 2.53. The zero-order valence-corrected chi connectivity index (χ0v) is 9.93. The van der Waals surface area contributed by atoms with Gasteiger partial charge in [0.2, 0.25) is 5.91 Å². The molecule has 0 radical (unpaired) electrons. The highest BCUT2D eigenvalue weighted by Gasteiger charge is 1.94. The molecule has 2 nitrogen and oxygen atoms in total. The summed E-state index contributed by atoms with van der Waals surface area (Å²) in [6, 6.07) is 3.93. The van der Waals surface area contributed by atoms with Gasteiger partial charge in [-0.2, -0.15) is 0 Å². The van der Waals surface area contributed by atoms with Crippen LogP contribution in [-0.4, -0.2) is 12.5 Å².